The predicted molar refractivity (Wildman–Crippen MR) is 81.9 cm³/mol. The Kier molecular flexibility index (Phi) is 5.06. The Hall–Kier alpha value is -1.34. The molecule has 0 aromatic rings. The minimum absolute atomic E-state index is 0.0625. The van der Waals surface area contributed by atoms with Gasteiger partial charge in [-0.2, -0.15) is 0 Å². The van der Waals surface area contributed by atoms with Gasteiger partial charge in [-0.1, -0.05) is 0 Å². The molecule has 0 aromatic carbocycles. The van der Waals surface area contributed by atoms with Crippen molar-refractivity contribution in [3.8, 4) is 0 Å². The maximum absolute atomic E-state index is 12.0. The fourth-order valence-electron chi connectivity index (χ4n) is 3.82. The van der Waals surface area contributed by atoms with E-state index in [1.165, 1.54) is 0 Å². The van der Waals surface area contributed by atoms with E-state index in [1.807, 2.05) is 0 Å². The molecular weight excluding hydrogens is 300 g/mol. The van der Waals surface area contributed by atoms with E-state index in [1.54, 1.807) is 0 Å². The molecule has 7 heteroatoms. The molecule has 0 bridgehead atoms. The maximum atomic E-state index is 12.0. The van der Waals surface area contributed by atoms with Gasteiger partial charge >= 0.3 is 12.0 Å². The van der Waals surface area contributed by atoms with Crippen LogP contribution in [0.15, 0.2) is 0 Å². The number of carbonyl (C=O) groups excluding carboxylic acids is 1. The summed E-state index contributed by atoms with van der Waals surface area (Å²) in [4.78, 5) is 22.9. The zero-order valence-corrected chi connectivity index (χ0v) is 13.4. The van der Waals surface area contributed by atoms with Gasteiger partial charge in [0.2, 0.25) is 0 Å². The van der Waals surface area contributed by atoms with Crippen LogP contribution in [0.25, 0.3) is 0 Å². The highest BCUT2D eigenvalue weighted by Gasteiger charge is 2.43. The molecule has 3 rings (SSSR count). The van der Waals surface area contributed by atoms with Gasteiger partial charge in [0.25, 0.3) is 0 Å². The molecule has 1 heterocycles. The summed E-state index contributed by atoms with van der Waals surface area (Å²) < 4.78 is 11.7. The fraction of sp³-hybridized carbons (Fsp3) is 0.875. The second kappa shape index (κ2) is 7.05. The van der Waals surface area contributed by atoms with Crippen LogP contribution in [0.4, 0.5) is 4.79 Å². The molecule has 3 aliphatic rings. The molecule has 2 aliphatic carbocycles. The highest BCUT2D eigenvalue weighted by molar-refractivity contribution is 5.74. The third-order valence-electron chi connectivity index (χ3n) is 5.18. The summed E-state index contributed by atoms with van der Waals surface area (Å²) in [7, 11) is 0. The number of nitrogens with one attached hydrogen (secondary N) is 2. The number of hydrogen-bond donors (Lipinski definition) is 3. The van der Waals surface area contributed by atoms with E-state index >= 15 is 0 Å². The number of ether oxygens (including phenoxy) is 2. The predicted octanol–water partition coefficient (Wildman–Crippen LogP) is 1.61. The molecule has 1 atom stereocenters. The first-order chi connectivity index (χ1) is 11.1. The fourth-order valence-corrected chi connectivity index (χ4v) is 3.82. The van der Waals surface area contributed by atoms with Crippen LogP contribution >= 0.6 is 0 Å². The third-order valence-corrected chi connectivity index (χ3v) is 5.18. The molecular formula is C16H26N2O5. The summed E-state index contributed by atoms with van der Waals surface area (Å²) in [5, 5.41) is 14.7. The number of carbonyl (C=O) groups is 2. The normalized spacial score (nSPS) is 32.8. The number of carboxylic acid groups (broad SMARTS) is 1. The zero-order valence-electron chi connectivity index (χ0n) is 13.4. The van der Waals surface area contributed by atoms with Gasteiger partial charge in [0.1, 0.15) is 6.10 Å². The highest BCUT2D eigenvalue weighted by Crippen LogP contribution is 2.38. The van der Waals surface area contributed by atoms with Crippen molar-refractivity contribution in [1.82, 2.24) is 10.6 Å². The average Bonchev–Trinajstić information content (AvgIpc) is 3.16. The molecule has 0 aromatic heterocycles. The van der Waals surface area contributed by atoms with Gasteiger partial charge in [-0.3, -0.25) is 4.79 Å². The van der Waals surface area contributed by atoms with Gasteiger partial charge in [0.05, 0.1) is 12.5 Å². The van der Waals surface area contributed by atoms with Crippen LogP contribution < -0.4 is 10.6 Å². The SMILES string of the molecule is O=C(NCC1COC2(CCCC2)O1)NC1CCC(C(=O)O)CC1. The lowest BCUT2D eigenvalue weighted by Crippen LogP contribution is -2.46. The first-order valence-electron chi connectivity index (χ1n) is 8.65. The van der Waals surface area contributed by atoms with Crippen molar-refractivity contribution in [1.29, 1.82) is 0 Å². The Morgan fingerprint density at radius 1 is 1.13 bits per heavy atom. The standard InChI is InChI=1S/C16H26N2O5/c19-14(20)11-3-5-12(6-4-11)18-15(21)17-9-13-10-22-16(23-13)7-1-2-8-16/h11-13H,1-10H2,(H,19,20)(H2,17,18,21). The monoisotopic (exact) mass is 326 g/mol. The topological polar surface area (TPSA) is 96.9 Å². The quantitative estimate of drug-likeness (QED) is 0.729. The van der Waals surface area contributed by atoms with E-state index in [0.29, 0.717) is 26.0 Å². The molecule has 2 saturated carbocycles. The number of hydrogen-bond acceptors (Lipinski definition) is 4. The summed E-state index contributed by atoms with van der Waals surface area (Å²) >= 11 is 0. The lowest BCUT2D eigenvalue weighted by atomic mass is 9.86. The number of aliphatic carboxylic acids is 1. The summed E-state index contributed by atoms with van der Waals surface area (Å²) in [6.45, 7) is 0.974. The van der Waals surface area contributed by atoms with Crippen molar-refractivity contribution >= 4 is 12.0 Å². The molecule has 23 heavy (non-hydrogen) atoms. The van der Waals surface area contributed by atoms with E-state index in [9.17, 15) is 9.59 Å². The Labute approximate surface area is 136 Å². The first kappa shape index (κ1) is 16.5. The molecule has 3 fully saturated rings. The van der Waals surface area contributed by atoms with Crippen LogP contribution in [-0.2, 0) is 14.3 Å². The summed E-state index contributed by atoms with van der Waals surface area (Å²) in [5.74, 6) is -1.38. The largest absolute Gasteiger partial charge is 0.481 e. The van der Waals surface area contributed by atoms with Gasteiger partial charge in [-0.05, 0) is 38.5 Å². The molecule has 2 amide bonds. The smallest absolute Gasteiger partial charge is 0.315 e. The molecule has 1 aliphatic heterocycles. The van der Waals surface area contributed by atoms with Gasteiger partial charge in [0, 0.05) is 25.4 Å². The summed E-state index contributed by atoms with van der Waals surface area (Å²) in [6, 6.07) is -0.146. The number of rotatable bonds is 4. The average molecular weight is 326 g/mol. The van der Waals surface area contributed by atoms with Crippen molar-refractivity contribution < 1.29 is 24.2 Å². The third kappa shape index (κ3) is 4.14. The van der Waals surface area contributed by atoms with Crippen molar-refractivity contribution in [2.24, 2.45) is 5.92 Å². The molecule has 1 saturated heterocycles. The summed E-state index contributed by atoms with van der Waals surface area (Å²) in [5.41, 5.74) is 0. The minimum Gasteiger partial charge on any atom is -0.481 e. The van der Waals surface area contributed by atoms with Crippen LogP contribution in [0.2, 0.25) is 0 Å². The lowest BCUT2D eigenvalue weighted by Gasteiger charge is -2.27. The number of carboxylic acids is 1. The highest BCUT2D eigenvalue weighted by atomic mass is 16.7. The summed E-state index contributed by atoms with van der Waals surface area (Å²) in [6.07, 6.45) is 6.78. The van der Waals surface area contributed by atoms with Crippen LogP contribution in [-0.4, -0.2) is 48.2 Å². The Balaban J connectivity index is 1.33. The second-order valence-corrected chi connectivity index (χ2v) is 6.91. The van der Waals surface area contributed by atoms with E-state index < -0.39 is 11.8 Å². The minimum atomic E-state index is -0.730. The van der Waals surface area contributed by atoms with Crippen molar-refractivity contribution in [2.45, 2.75) is 69.3 Å². The maximum Gasteiger partial charge on any atom is 0.315 e. The van der Waals surface area contributed by atoms with Gasteiger partial charge in [0.15, 0.2) is 5.79 Å². The molecule has 7 nitrogen and oxygen atoms in total. The zero-order chi connectivity index (χ0) is 16.3. The number of amides is 2. The van der Waals surface area contributed by atoms with Crippen LogP contribution in [0.3, 0.4) is 0 Å². The first-order valence-corrected chi connectivity index (χ1v) is 8.65. The van der Waals surface area contributed by atoms with E-state index in [2.05, 4.69) is 10.6 Å². The lowest BCUT2D eigenvalue weighted by molar-refractivity contribution is -0.161. The van der Waals surface area contributed by atoms with Crippen molar-refractivity contribution in [2.75, 3.05) is 13.2 Å². The molecule has 3 N–H and O–H groups in total. The Morgan fingerprint density at radius 2 is 1.83 bits per heavy atom. The van der Waals surface area contributed by atoms with E-state index in [4.69, 9.17) is 14.6 Å². The van der Waals surface area contributed by atoms with Gasteiger partial charge in [-0.15, -0.1) is 0 Å². The van der Waals surface area contributed by atoms with Crippen LogP contribution in [0, 0.1) is 5.92 Å². The Bertz CT molecular complexity index is 442. The van der Waals surface area contributed by atoms with Crippen molar-refractivity contribution in [3.05, 3.63) is 0 Å². The van der Waals surface area contributed by atoms with Crippen LogP contribution in [0.5, 0.6) is 0 Å². The second-order valence-electron chi connectivity index (χ2n) is 6.91. The molecule has 1 spiro atoms. The molecule has 1 unspecified atom stereocenters. The van der Waals surface area contributed by atoms with Crippen molar-refractivity contribution in [3.63, 3.8) is 0 Å². The number of urea groups is 1. The Morgan fingerprint density at radius 3 is 2.48 bits per heavy atom. The van der Waals surface area contributed by atoms with E-state index in [-0.39, 0.29) is 24.1 Å². The van der Waals surface area contributed by atoms with Gasteiger partial charge in [-0.25, -0.2) is 4.79 Å². The van der Waals surface area contributed by atoms with Gasteiger partial charge < -0.3 is 25.2 Å². The van der Waals surface area contributed by atoms with Crippen LogP contribution in [0.1, 0.15) is 51.4 Å². The molecule has 0 radical (unpaired) electrons. The van der Waals surface area contributed by atoms with E-state index in [0.717, 1.165) is 38.5 Å². The molecule has 130 valence electrons.